The molecule has 21 heavy (non-hydrogen) atoms. The summed E-state index contributed by atoms with van der Waals surface area (Å²) in [5.41, 5.74) is 1.47. The zero-order valence-corrected chi connectivity index (χ0v) is 13.2. The van der Waals surface area contributed by atoms with Crippen LogP contribution >= 0.6 is 0 Å². The van der Waals surface area contributed by atoms with Crippen LogP contribution in [0.4, 0.5) is 4.39 Å². The molecular weight excluding hydrogens is 269 g/mol. The molecule has 0 radical (unpaired) electrons. The maximum absolute atomic E-state index is 13.7. The molecule has 1 atom stereocenters. The van der Waals surface area contributed by atoms with Crippen LogP contribution in [0.15, 0.2) is 18.2 Å². The van der Waals surface area contributed by atoms with Gasteiger partial charge in [-0.2, -0.15) is 0 Å². The van der Waals surface area contributed by atoms with Gasteiger partial charge in [-0.25, -0.2) is 9.07 Å². The maximum Gasteiger partial charge on any atom is 0.165 e. The molecule has 1 aromatic heterocycles. The lowest BCUT2D eigenvalue weighted by atomic mass is 10.1. The van der Waals surface area contributed by atoms with Crippen molar-refractivity contribution in [3.05, 3.63) is 41.0 Å². The minimum absolute atomic E-state index is 0.0179. The zero-order valence-electron chi connectivity index (χ0n) is 13.2. The van der Waals surface area contributed by atoms with Gasteiger partial charge in [-0.1, -0.05) is 12.1 Å². The third-order valence-corrected chi connectivity index (χ3v) is 3.38. The van der Waals surface area contributed by atoms with Crippen molar-refractivity contribution in [2.75, 3.05) is 0 Å². The minimum atomic E-state index is -0.207. The van der Waals surface area contributed by atoms with Crippen molar-refractivity contribution in [1.82, 2.24) is 25.5 Å². The fourth-order valence-corrected chi connectivity index (χ4v) is 1.98. The van der Waals surface area contributed by atoms with Gasteiger partial charge in [0.25, 0.3) is 0 Å². The lowest BCUT2D eigenvalue weighted by molar-refractivity contribution is 0.403. The highest BCUT2D eigenvalue weighted by atomic mass is 19.1. The van der Waals surface area contributed by atoms with Gasteiger partial charge < -0.3 is 5.32 Å². The molecule has 2 rings (SSSR count). The highest BCUT2D eigenvalue weighted by Crippen LogP contribution is 2.20. The summed E-state index contributed by atoms with van der Waals surface area (Å²) in [5, 5.41) is 15.2. The molecule has 0 saturated heterocycles. The van der Waals surface area contributed by atoms with Crippen LogP contribution in [0.25, 0.3) is 0 Å². The number of hydrogen-bond acceptors (Lipinski definition) is 4. The van der Waals surface area contributed by atoms with E-state index in [2.05, 4.69) is 41.6 Å². The first-order valence-electron chi connectivity index (χ1n) is 7.06. The average molecular weight is 291 g/mol. The standard InChI is InChI=1S/C15H22FN5/c1-10-6-7-12(8-13(10)16)11(2)21-14(18-19-20-21)9-17-15(3,4)5/h6-8,11,17H,9H2,1-5H3. The van der Waals surface area contributed by atoms with E-state index in [1.54, 1.807) is 23.7 Å². The van der Waals surface area contributed by atoms with E-state index in [-0.39, 0.29) is 17.4 Å². The Labute approximate surface area is 124 Å². The predicted octanol–water partition coefficient (Wildman–Crippen LogP) is 2.62. The molecule has 2 aromatic rings. The number of benzene rings is 1. The fourth-order valence-electron chi connectivity index (χ4n) is 1.98. The Kier molecular flexibility index (Phi) is 4.37. The molecule has 5 nitrogen and oxygen atoms in total. The smallest absolute Gasteiger partial charge is 0.165 e. The molecule has 0 aliphatic carbocycles. The largest absolute Gasteiger partial charge is 0.305 e. The first-order valence-corrected chi connectivity index (χ1v) is 7.06. The first-order chi connectivity index (χ1) is 9.78. The summed E-state index contributed by atoms with van der Waals surface area (Å²) < 4.78 is 15.4. The lowest BCUT2D eigenvalue weighted by Gasteiger charge is -2.21. The number of hydrogen-bond donors (Lipinski definition) is 1. The van der Waals surface area contributed by atoms with Gasteiger partial charge >= 0.3 is 0 Å². The normalized spacial score (nSPS) is 13.4. The Morgan fingerprint density at radius 3 is 2.67 bits per heavy atom. The van der Waals surface area contributed by atoms with Gasteiger partial charge in [0.15, 0.2) is 5.82 Å². The van der Waals surface area contributed by atoms with Gasteiger partial charge in [-0.05, 0) is 62.2 Å². The Morgan fingerprint density at radius 1 is 1.33 bits per heavy atom. The molecular formula is C15H22FN5. The van der Waals surface area contributed by atoms with Crippen molar-refractivity contribution in [2.24, 2.45) is 0 Å². The molecule has 0 fully saturated rings. The van der Waals surface area contributed by atoms with E-state index >= 15 is 0 Å². The minimum Gasteiger partial charge on any atom is -0.305 e. The molecule has 0 aliphatic heterocycles. The predicted molar refractivity (Wildman–Crippen MR) is 79.4 cm³/mol. The topological polar surface area (TPSA) is 55.6 Å². The van der Waals surface area contributed by atoms with Gasteiger partial charge in [0, 0.05) is 5.54 Å². The Bertz CT molecular complexity index is 615. The maximum atomic E-state index is 13.7. The molecule has 0 spiro atoms. The molecule has 1 aromatic carbocycles. The number of rotatable bonds is 4. The Hall–Kier alpha value is -1.82. The van der Waals surface area contributed by atoms with E-state index in [0.29, 0.717) is 12.1 Å². The Morgan fingerprint density at radius 2 is 2.05 bits per heavy atom. The number of aryl methyl sites for hydroxylation is 1. The van der Waals surface area contributed by atoms with E-state index in [4.69, 9.17) is 0 Å². The van der Waals surface area contributed by atoms with Crippen molar-refractivity contribution < 1.29 is 4.39 Å². The van der Waals surface area contributed by atoms with Crippen molar-refractivity contribution in [1.29, 1.82) is 0 Å². The van der Waals surface area contributed by atoms with Crippen LogP contribution in [0.2, 0.25) is 0 Å². The second kappa shape index (κ2) is 5.89. The number of aromatic nitrogens is 4. The zero-order chi connectivity index (χ0) is 15.6. The second-order valence-corrected chi connectivity index (χ2v) is 6.33. The second-order valence-electron chi connectivity index (χ2n) is 6.33. The summed E-state index contributed by atoms with van der Waals surface area (Å²) in [6.07, 6.45) is 0. The lowest BCUT2D eigenvalue weighted by Crippen LogP contribution is -2.36. The molecule has 0 aliphatic rings. The summed E-state index contributed by atoms with van der Waals surface area (Å²) >= 11 is 0. The van der Waals surface area contributed by atoms with Crippen LogP contribution < -0.4 is 5.32 Å². The first kappa shape index (κ1) is 15.6. The Balaban J connectivity index is 2.21. The number of halogens is 1. The van der Waals surface area contributed by atoms with Crippen molar-refractivity contribution in [2.45, 2.75) is 52.7 Å². The average Bonchev–Trinajstić information content (AvgIpc) is 2.86. The fraction of sp³-hybridized carbons (Fsp3) is 0.533. The molecule has 1 unspecified atom stereocenters. The van der Waals surface area contributed by atoms with E-state index in [9.17, 15) is 4.39 Å². The van der Waals surface area contributed by atoms with Crippen LogP contribution in [0.1, 0.15) is 50.7 Å². The highest BCUT2D eigenvalue weighted by Gasteiger charge is 2.17. The van der Waals surface area contributed by atoms with Crippen molar-refractivity contribution >= 4 is 0 Å². The van der Waals surface area contributed by atoms with Crippen LogP contribution in [-0.4, -0.2) is 25.7 Å². The summed E-state index contributed by atoms with van der Waals surface area (Å²) in [7, 11) is 0. The van der Waals surface area contributed by atoms with Gasteiger partial charge in [-0.15, -0.1) is 5.10 Å². The monoisotopic (exact) mass is 291 g/mol. The van der Waals surface area contributed by atoms with Gasteiger partial charge in [0.05, 0.1) is 12.6 Å². The molecule has 114 valence electrons. The third kappa shape index (κ3) is 3.85. The molecule has 0 saturated carbocycles. The number of nitrogens with zero attached hydrogens (tertiary/aromatic N) is 4. The van der Waals surface area contributed by atoms with Crippen LogP contribution in [0, 0.1) is 12.7 Å². The van der Waals surface area contributed by atoms with E-state index in [1.165, 1.54) is 0 Å². The van der Waals surface area contributed by atoms with Gasteiger partial charge in [-0.3, -0.25) is 0 Å². The third-order valence-electron chi connectivity index (χ3n) is 3.38. The van der Waals surface area contributed by atoms with Crippen molar-refractivity contribution in [3.63, 3.8) is 0 Å². The van der Waals surface area contributed by atoms with E-state index in [0.717, 1.165) is 11.4 Å². The van der Waals surface area contributed by atoms with Crippen molar-refractivity contribution in [3.8, 4) is 0 Å². The van der Waals surface area contributed by atoms with Crippen LogP contribution in [0.5, 0.6) is 0 Å². The molecule has 1 heterocycles. The van der Waals surface area contributed by atoms with Crippen LogP contribution in [0.3, 0.4) is 0 Å². The van der Waals surface area contributed by atoms with Gasteiger partial charge in [0.2, 0.25) is 0 Å². The molecule has 0 bridgehead atoms. The molecule has 6 heteroatoms. The summed E-state index contributed by atoms with van der Waals surface area (Å²) in [5.74, 6) is 0.528. The van der Waals surface area contributed by atoms with E-state index < -0.39 is 0 Å². The molecule has 1 N–H and O–H groups in total. The van der Waals surface area contributed by atoms with Gasteiger partial charge in [0.1, 0.15) is 5.82 Å². The molecule has 0 amide bonds. The number of tetrazole rings is 1. The summed E-state index contributed by atoms with van der Waals surface area (Å²) in [4.78, 5) is 0. The quantitative estimate of drug-likeness (QED) is 0.941. The highest BCUT2D eigenvalue weighted by molar-refractivity contribution is 5.25. The number of nitrogens with one attached hydrogen (secondary N) is 1. The van der Waals surface area contributed by atoms with E-state index in [1.807, 2.05) is 13.0 Å². The summed E-state index contributed by atoms with van der Waals surface area (Å²) in [6.45, 7) is 10.5. The van der Waals surface area contributed by atoms with Crippen LogP contribution in [-0.2, 0) is 6.54 Å². The summed E-state index contributed by atoms with van der Waals surface area (Å²) in [6, 6.07) is 5.11. The SMILES string of the molecule is Cc1ccc(C(C)n2nnnc2CNC(C)(C)C)cc1F.